The van der Waals surface area contributed by atoms with Crippen molar-refractivity contribution in [1.29, 1.82) is 0 Å². The second-order valence-corrected chi connectivity index (χ2v) is 4.64. The molecule has 0 saturated carbocycles. The summed E-state index contributed by atoms with van der Waals surface area (Å²) in [7, 11) is 4.47. The molecule has 0 spiro atoms. The number of hydrogen-bond acceptors (Lipinski definition) is 2. The Hall–Kier alpha value is 0.794. The number of halogens is 2. The first-order valence-corrected chi connectivity index (χ1v) is 6.22. The van der Waals surface area contributed by atoms with Crippen molar-refractivity contribution in [2.24, 2.45) is 0 Å². The SMILES string of the molecule is COc1ccccc1[P-]c1ccccc1OC.[Br-].[Br-].[Li+].[Mg+2]. The van der Waals surface area contributed by atoms with Gasteiger partial charge in [0.2, 0.25) is 0 Å². The van der Waals surface area contributed by atoms with Gasteiger partial charge in [0, 0.05) is 0 Å². The fourth-order valence-electron chi connectivity index (χ4n) is 1.57. The zero-order valence-corrected chi connectivity index (χ0v) is 17.8. The smallest absolute Gasteiger partial charge is 1.00 e. The quantitative estimate of drug-likeness (QED) is 0.351. The van der Waals surface area contributed by atoms with Gasteiger partial charge >= 0.3 is 41.9 Å². The van der Waals surface area contributed by atoms with E-state index in [4.69, 9.17) is 9.47 Å². The third-order valence-electron chi connectivity index (χ3n) is 2.41. The van der Waals surface area contributed by atoms with Gasteiger partial charge in [-0.05, 0) is 12.1 Å². The van der Waals surface area contributed by atoms with Gasteiger partial charge < -0.3 is 52.0 Å². The Bertz CT molecular complexity index is 472. The molecule has 7 heteroatoms. The van der Waals surface area contributed by atoms with Crippen LogP contribution in [0.4, 0.5) is 0 Å². The first-order valence-electron chi connectivity index (χ1n) is 5.33. The second kappa shape index (κ2) is 14.4. The van der Waals surface area contributed by atoms with Crippen LogP contribution in [0.25, 0.3) is 0 Å². The maximum absolute atomic E-state index is 5.34. The molecule has 0 bridgehead atoms. The van der Waals surface area contributed by atoms with E-state index in [-0.39, 0.29) is 75.9 Å². The Morgan fingerprint density at radius 2 is 1.05 bits per heavy atom. The van der Waals surface area contributed by atoms with E-state index in [1.807, 2.05) is 36.4 Å². The summed E-state index contributed by atoms with van der Waals surface area (Å²) in [5, 5.41) is 2.28. The van der Waals surface area contributed by atoms with E-state index in [2.05, 4.69) is 12.1 Å². The Balaban J connectivity index is -0.000000810. The molecule has 2 aromatic carbocycles. The van der Waals surface area contributed by atoms with Gasteiger partial charge in [-0.1, -0.05) is 36.4 Å². The molecule has 0 unspecified atom stereocenters. The molecule has 104 valence electrons. The zero-order chi connectivity index (χ0) is 12.1. The topological polar surface area (TPSA) is 18.5 Å². The van der Waals surface area contributed by atoms with Crippen molar-refractivity contribution in [3.05, 3.63) is 48.5 Å². The molecule has 21 heavy (non-hydrogen) atoms. The molecule has 0 atom stereocenters. The van der Waals surface area contributed by atoms with Crippen molar-refractivity contribution < 1.29 is 62.3 Å². The van der Waals surface area contributed by atoms with Crippen LogP contribution in [0.3, 0.4) is 0 Å². The maximum Gasteiger partial charge on any atom is 2.00 e. The summed E-state index contributed by atoms with van der Waals surface area (Å²) in [5.74, 6) is 1.81. The van der Waals surface area contributed by atoms with Gasteiger partial charge in [0.05, 0.1) is 25.7 Å². The summed E-state index contributed by atoms with van der Waals surface area (Å²) in [4.78, 5) is 0. The number of ether oxygens (including phenoxy) is 2. The van der Waals surface area contributed by atoms with Gasteiger partial charge in [0.1, 0.15) is 0 Å². The van der Waals surface area contributed by atoms with Crippen LogP contribution in [0, 0.1) is 0 Å². The molecular formula is C14H14Br2LiMgO2P. The molecule has 2 nitrogen and oxygen atoms in total. The van der Waals surface area contributed by atoms with Crippen molar-refractivity contribution >= 4 is 42.2 Å². The molecule has 0 aliphatic rings. The molecule has 0 amide bonds. The number of para-hydroxylation sites is 2. The summed E-state index contributed by atoms with van der Waals surface area (Å²) in [6, 6.07) is 16.0. The van der Waals surface area contributed by atoms with Crippen LogP contribution >= 0.6 is 8.58 Å². The summed E-state index contributed by atoms with van der Waals surface area (Å²) in [5.41, 5.74) is 0. The molecular weight excluding hydrogens is 422 g/mol. The van der Waals surface area contributed by atoms with Gasteiger partial charge in [-0.25, -0.2) is 0 Å². The molecule has 0 aliphatic heterocycles. The van der Waals surface area contributed by atoms with Crippen molar-refractivity contribution in [2.75, 3.05) is 14.2 Å². The predicted molar refractivity (Wildman–Crippen MR) is 77.9 cm³/mol. The standard InChI is InChI=1S/C14H14O2P.2BrH.Li.Mg/c1-15-11-7-3-5-9-13(11)17-14-10-6-4-8-12(14)16-2;;;;/h3-10H,1-2H3;2*1H;;/q-1;;;+1;+2/p-2. The number of hydrogen-bond donors (Lipinski definition) is 0. The van der Waals surface area contributed by atoms with Crippen LogP contribution in [0.2, 0.25) is 0 Å². The summed E-state index contributed by atoms with van der Waals surface area (Å²) in [6.45, 7) is 0. The van der Waals surface area contributed by atoms with Crippen molar-refractivity contribution in [3.63, 3.8) is 0 Å². The average molecular weight is 436 g/mol. The van der Waals surface area contributed by atoms with Crippen LogP contribution in [0.5, 0.6) is 11.5 Å². The number of methoxy groups -OCH3 is 2. The van der Waals surface area contributed by atoms with E-state index < -0.39 is 0 Å². The van der Waals surface area contributed by atoms with Crippen LogP contribution in [0.1, 0.15) is 0 Å². The Labute approximate surface area is 177 Å². The van der Waals surface area contributed by atoms with Gasteiger partial charge in [-0.3, -0.25) is 0 Å². The molecule has 0 radical (unpaired) electrons. The van der Waals surface area contributed by atoms with Crippen LogP contribution < -0.4 is 72.9 Å². The molecule has 2 aromatic rings. The van der Waals surface area contributed by atoms with E-state index >= 15 is 0 Å². The molecule has 0 aliphatic carbocycles. The van der Waals surface area contributed by atoms with E-state index in [0.29, 0.717) is 0 Å². The van der Waals surface area contributed by atoms with Crippen LogP contribution in [-0.2, 0) is 0 Å². The van der Waals surface area contributed by atoms with Gasteiger partial charge in [-0.2, -0.15) is 10.6 Å². The molecule has 0 saturated heterocycles. The van der Waals surface area contributed by atoms with E-state index in [0.717, 1.165) is 30.7 Å². The zero-order valence-electron chi connectivity index (χ0n) is 12.3. The van der Waals surface area contributed by atoms with Crippen molar-refractivity contribution in [2.45, 2.75) is 0 Å². The van der Waals surface area contributed by atoms with Gasteiger partial charge in [-0.15, -0.1) is 0 Å². The van der Waals surface area contributed by atoms with Crippen LogP contribution in [0.15, 0.2) is 48.5 Å². The van der Waals surface area contributed by atoms with Crippen LogP contribution in [-0.4, -0.2) is 37.3 Å². The minimum absolute atomic E-state index is 0. The third-order valence-corrected chi connectivity index (χ3v) is 3.63. The first-order chi connectivity index (χ1) is 8.35. The summed E-state index contributed by atoms with van der Waals surface area (Å²) in [6.07, 6.45) is 0. The average Bonchev–Trinajstić information content (AvgIpc) is 2.40. The Morgan fingerprint density at radius 3 is 1.38 bits per heavy atom. The van der Waals surface area contributed by atoms with Crippen molar-refractivity contribution in [1.82, 2.24) is 0 Å². The minimum atomic E-state index is 0. The van der Waals surface area contributed by atoms with E-state index in [1.54, 1.807) is 14.2 Å². The third kappa shape index (κ3) is 7.75. The molecule has 0 aromatic heterocycles. The minimum Gasteiger partial charge on any atom is -1.00 e. The summed E-state index contributed by atoms with van der Waals surface area (Å²) >= 11 is 0. The second-order valence-electron chi connectivity index (χ2n) is 3.46. The Kier molecular flexibility index (Phi) is 18.3. The molecule has 0 N–H and O–H groups in total. The number of rotatable bonds is 4. The maximum atomic E-state index is 5.34. The van der Waals surface area contributed by atoms with E-state index in [1.165, 1.54) is 0 Å². The van der Waals surface area contributed by atoms with Crippen molar-refractivity contribution in [3.8, 4) is 11.5 Å². The largest absolute Gasteiger partial charge is 2.00 e. The fourth-order valence-corrected chi connectivity index (χ4v) is 2.71. The first kappa shape index (κ1) is 26.7. The van der Waals surface area contributed by atoms with Gasteiger partial charge in [0.15, 0.2) is 0 Å². The molecule has 0 fully saturated rings. The Morgan fingerprint density at radius 1 is 0.714 bits per heavy atom. The predicted octanol–water partition coefficient (Wildman–Crippen LogP) is -6.77. The fraction of sp³-hybridized carbons (Fsp3) is 0.143. The van der Waals surface area contributed by atoms with Gasteiger partial charge in [0.25, 0.3) is 0 Å². The molecule has 2 rings (SSSR count). The number of benzene rings is 2. The monoisotopic (exact) mass is 434 g/mol. The normalized spacial score (nSPS) is 8.10. The van der Waals surface area contributed by atoms with E-state index in [9.17, 15) is 0 Å². The molecule has 0 heterocycles. The summed E-state index contributed by atoms with van der Waals surface area (Å²) < 4.78 is 10.7.